The molecule has 2 atom stereocenters. The largest absolute Gasteiger partial charge is 0.416 e. The maximum absolute atomic E-state index is 13.1. The Hall–Kier alpha value is -3.43. The Morgan fingerprint density at radius 3 is 2.12 bits per heavy atom. The van der Waals surface area contributed by atoms with Crippen LogP contribution in [0.3, 0.4) is 0 Å². The first-order valence-corrected chi connectivity index (χ1v) is 10.4. The molecule has 1 aliphatic carbocycles. The van der Waals surface area contributed by atoms with Crippen LogP contribution in [0.15, 0.2) is 48.5 Å². The monoisotopic (exact) mass is 465 g/mol. The third-order valence-electron chi connectivity index (χ3n) is 5.40. The highest BCUT2D eigenvalue weighted by Gasteiger charge is 2.31. The molecule has 3 N–H and O–H groups in total. The minimum Gasteiger partial charge on any atom is -0.350 e. The molecule has 33 heavy (non-hydrogen) atoms. The van der Waals surface area contributed by atoms with Gasteiger partial charge in [-0.1, -0.05) is 18.9 Å². The Kier molecular flexibility index (Phi) is 7.67. The van der Waals surface area contributed by atoms with Crippen molar-refractivity contribution in [2.24, 2.45) is 0 Å². The molecule has 6 nitrogen and oxygen atoms in total. The standard InChI is InChI=1S/C23H23F4N3O3/c24-17-10-8-14(9-11-17)22(33)30-19-7-2-1-6-18(19)29-20(31)13-28-21(32)15-4-3-5-16(12-15)23(25,26)27/h3-5,8-12,18-19H,1-2,6-7,13H2,(H,28,32)(H,29,31)(H,30,33)/t18-,19+/m0/s1. The number of nitrogens with one attached hydrogen (secondary N) is 3. The van der Waals surface area contributed by atoms with Crippen LogP contribution in [0, 0.1) is 5.82 Å². The van der Waals surface area contributed by atoms with Gasteiger partial charge < -0.3 is 16.0 Å². The van der Waals surface area contributed by atoms with Crippen molar-refractivity contribution in [1.29, 1.82) is 0 Å². The number of alkyl halides is 3. The summed E-state index contributed by atoms with van der Waals surface area (Å²) in [7, 11) is 0. The van der Waals surface area contributed by atoms with Gasteiger partial charge in [0.25, 0.3) is 11.8 Å². The van der Waals surface area contributed by atoms with E-state index in [4.69, 9.17) is 0 Å². The van der Waals surface area contributed by atoms with Crippen LogP contribution in [0.1, 0.15) is 52.0 Å². The van der Waals surface area contributed by atoms with Crippen LogP contribution in [0.2, 0.25) is 0 Å². The third-order valence-corrected chi connectivity index (χ3v) is 5.40. The summed E-state index contributed by atoms with van der Waals surface area (Å²) in [4.78, 5) is 37.0. The summed E-state index contributed by atoms with van der Waals surface area (Å²) >= 11 is 0. The van der Waals surface area contributed by atoms with E-state index >= 15 is 0 Å². The summed E-state index contributed by atoms with van der Waals surface area (Å²) in [6.45, 7) is -0.426. The smallest absolute Gasteiger partial charge is 0.350 e. The number of hydrogen-bond donors (Lipinski definition) is 3. The fourth-order valence-electron chi connectivity index (χ4n) is 3.69. The van der Waals surface area contributed by atoms with Gasteiger partial charge in [0.15, 0.2) is 0 Å². The highest BCUT2D eigenvalue weighted by atomic mass is 19.4. The van der Waals surface area contributed by atoms with Crippen molar-refractivity contribution in [2.75, 3.05) is 6.54 Å². The van der Waals surface area contributed by atoms with Gasteiger partial charge in [-0.15, -0.1) is 0 Å². The molecule has 1 fully saturated rings. The van der Waals surface area contributed by atoms with E-state index in [1.54, 1.807) is 0 Å². The number of amides is 3. The van der Waals surface area contributed by atoms with Crippen LogP contribution in [-0.2, 0) is 11.0 Å². The molecular formula is C23H23F4N3O3. The average Bonchev–Trinajstić information content (AvgIpc) is 2.78. The highest BCUT2D eigenvalue weighted by Crippen LogP contribution is 2.29. The summed E-state index contributed by atoms with van der Waals surface area (Å²) in [5, 5.41) is 7.93. The number of hydrogen-bond acceptors (Lipinski definition) is 3. The van der Waals surface area contributed by atoms with Crippen LogP contribution in [0.25, 0.3) is 0 Å². The molecule has 0 aromatic heterocycles. The minimum atomic E-state index is -4.58. The number of carbonyl (C=O) groups excluding carboxylic acids is 3. The van der Waals surface area contributed by atoms with Crippen molar-refractivity contribution in [2.45, 2.75) is 43.9 Å². The molecule has 0 heterocycles. The molecule has 0 aliphatic heterocycles. The van der Waals surface area contributed by atoms with Crippen molar-refractivity contribution in [3.05, 3.63) is 71.0 Å². The average molecular weight is 465 g/mol. The number of benzene rings is 2. The Labute approximate surface area is 187 Å². The first-order chi connectivity index (χ1) is 15.6. The first-order valence-electron chi connectivity index (χ1n) is 10.4. The predicted octanol–water partition coefficient (Wildman–Crippen LogP) is 3.43. The van der Waals surface area contributed by atoms with Gasteiger partial charge >= 0.3 is 6.18 Å². The lowest BCUT2D eigenvalue weighted by atomic mass is 9.90. The van der Waals surface area contributed by atoms with E-state index in [2.05, 4.69) is 16.0 Å². The van der Waals surface area contributed by atoms with Gasteiger partial charge in [-0.25, -0.2) is 4.39 Å². The van der Waals surface area contributed by atoms with Gasteiger partial charge in [0.05, 0.1) is 12.1 Å². The van der Waals surface area contributed by atoms with Crippen LogP contribution >= 0.6 is 0 Å². The fraction of sp³-hybridized carbons (Fsp3) is 0.348. The van der Waals surface area contributed by atoms with Gasteiger partial charge in [-0.05, 0) is 55.3 Å². The Bertz CT molecular complexity index is 1010. The SMILES string of the molecule is O=C(CNC(=O)c1cccc(C(F)(F)F)c1)N[C@H]1CCCC[C@H]1NC(=O)c1ccc(F)cc1. The van der Waals surface area contributed by atoms with Crippen LogP contribution < -0.4 is 16.0 Å². The Morgan fingerprint density at radius 1 is 0.848 bits per heavy atom. The number of halogens is 4. The molecule has 3 rings (SSSR count). The van der Waals surface area contributed by atoms with E-state index < -0.39 is 35.9 Å². The van der Waals surface area contributed by atoms with Crippen LogP contribution in [-0.4, -0.2) is 36.3 Å². The van der Waals surface area contributed by atoms with Crippen LogP contribution in [0.4, 0.5) is 17.6 Å². The van der Waals surface area contributed by atoms with Gasteiger partial charge in [0.1, 0.15) is 5.82 Å². The quantitative estimate of drug-likeness (QED) is 0.572. The highest BCUT2D eigenvalue weighted by molar-refractivity contribution is 5.97. The van der Waals surface area contributed by atoms with E-state index in [9.17, 15) is 31.9 Å². The van der Waals surface area contributed by atoms with E-state index in [0.29, 0.717) is 18.4 Å². The maximum Gasteiger partial charge on any atom is 0.416 e. The molecule has 10 heteroatoms. The van der Waals surface area contributed by atoms with Gasteiger partial charge in [0, 0.05) is 23.2 Å². The van der Waals surface area contributed by atoms with Gasteiger partial charge in [-0.2, -0.15) is 13.2 Å². The van der Waals surface area contributed by atoms with Crippen molar-refractivity contribution >= 4 is 17.7 Å². The van der Waals surface area contributed by atoms with Gasteiger partial charge in [0.2, 0.25) is 5.91 Å². The second-order valence-corrected chi connectivity index (χ2v) is 7.81. The lowest BCUT2D eigenvalue weighted by Gasteiger charge is -2.33. The molecule has 2 aromatic carbocycles. The second kappa shape index (κ2) is 10.5. The summed E-state index contributed by atoms with van der Waals surface area (Å²) in [6, 6.07) is 8.29. The molecule has 176 valence electrons. The molecule has 0 radical (unpaired) electrons. The van der Waals surface area contributed by atoms with E-state index in [1.807, 2.05) is 0 Å². The summed E-state index contributed by atoms with van der Waals surface area (Å²) < 4.78 is 51.5. The number of carbonyl (C=O) groups is 3. The number of rotatable bonds is 6. The second-order valence-electron chi connectivity index (χ2n) is 7.81. The van der Waals surface area contributed by atoms with Crippen molar-refractivity contribution < 1.29 is 31.9 Å². The van der Waals surface area contributed by atoms with Gasteiger partial charge in [-0.3, -0.25) is 14.4 Å². The Morgan fingerprint density at radius 2 is 1.48 bits per heavy atom. The van der Waals surface area contributed by atoms with E-state index in [-0.39, 0.29) is 23.6 Å². The molecule has 0 saturated heterocycles. The predicted molar refractivity (Wildman–Crippen MR) is 112 cm³/mol. The van der Waals surface area contributed by atoms with E-state index in [0.717, 1.165) is 31.0 Å². The molecule has 1 aliphatic rings. The van der Waals surface area contributed by atoms with Crippen molar-refractivity contribution in [3.63, 3.8) is 0 Å². The summed E-state index contributed by atoms with van der Waals surface area (Å²) in [5.41, 5.74) is -0.873. The maximum atomic E-state index is 13.1. The molecule has 0 spiro atoms. The molecule has 1 saturated carbocycles. The van der Waals surface area contributed by atoms with Crippen LogP contribution in [0.5, 0.6) is 0 Å². The third kappa shape index (κ3) is 6.77. The molecular weight excluding hydrogens is 442 g/mol. The lowest BCUT2D eigenvalue weighted by Crippen LogP contribution is -2.54. The zero-order valence-corrected chi connectivity index (χ0v) is 17.5. The lowest BCUT2D eigenvalue weighted by molar-refractivity contribution is -0.137. The minimum absolute atomic E-state index is 0.209. The zero-order valence-electron chi connectivity index (χ0n) is 17.5. The molecule has 0 bridgehead atoms. The fourth-order valence-corrected chi connectivity index (χ4v) is 3.69. The summed E-state index contributed by atoms with van der Waals surface area (Å²) in [5.74, 6) is -2.18. The Balaban J connectivity index is 1.54. The topological polar surface area (TPSA) is 87.3 Å². The van der Waals surface area contributed by atoms with Crippen molar-refractivity contribution in [1.82, 2.24) is 16.0 Å². The molecule has 2 aromatic rings. The zero-order chi connectivity index (χ0) is 24.0. The van der Waals surface area contributed by atoms with E-state index in [1.165, 1.54) is 30.3 Å². The molecule has 0 unspecified atom stereocenters. The van der Waals surface area contributed by atoms with Crippen molar-refractivity contribution in [3.8, 4) is 0 Å². The first kappa shape index (κ1) is 24.2. The molecule has 3 amide bonds. The normalized spacial score (nSPS) is 18.3. The summed E-state index contributed by atoms with van der Waals surface area (Å²) in [6.07, 6.45) is -1.64.